The van der Waals surface area contributed by atoms with Crippen molar-refractivity contribution in [1.29, 1.82) is 0 Å². The van der Waals surface area contributed by atoms with Crippen LogP contribution in [0, 0.1) is 17.8 Å². The molecule has 0 bridgehead atoms. The van der Waals surface area contributed by atoms with E-state index in [4.69, 9.17) is 9.41 Å². The molecule has 2 aliphatic heterocycles. The largest absolute Gasteiger partial charge is 0.456 e. The van der Waals surface area contributed by atoms with Gasteiger partial charge in [-0.1, -0.05) is 110 Å². The third-order valence-electron chi connectivity index (χ3n) is 13.5. The first-order valence-electron chi connectivity index (χ1n) is 21.3. The molecule has 4 aromatic carbocycles. The number of aliphatic imine (C=N–C) groups is 1. The summed E-state index contributed by atoms with van der Waals surface area (Å²) in [4.78, 5) is 7.94. The first-order chi connectivity index (χ1) is 28.7. The van der Waals surface area contributed by atoms with E-state index in [1.54, 1.807) is 0 Å². The highest BCUT2D eigenvalue weighted by Gasteiger charge is 2.42. The molecule has 0 amide bonds. The van der Waals surface area contributed by atoms with Gasteiger partial charge in [0.15, 0.2) is 5.76 Å². The first-order valence-corrected chi connectivity index (χ1v) is 21.3. The van der Waals surface area contributed by atoms with E-state index in [1.165, 1.54) is 62.4 Å². The minimum Gasteiger partial charge on any atom is -0.456 e. The van der Waals surface area contributed by atoms with Crippen LogP contribution in [-0.2, 0) is 6.42 Å². The van der Waals surface area contributed by atoms with Crippen LogP contribution in [0.25, 0.3) is 39.2 Å². The fourth-order valence-electron chi connectivity index (χ4n) is 10.8. The number of para-hydroxylation sites is 2. The molecule has 6 aliphatic rings. The quantitative estimate of drug-likeness (QED) is 0.178. The number of nitrogens with one attached hydrogen (secondary N) is 1. The smallest absolute Gasteiger partial charge is 0.153 e. The predicted octanol–water partition coefficient (Wildman–Crippen LogP) is 12.7. The monoisotopic (exact) mass is 754 g/mol. The van der Waals surface area contributed by atoms with Gasteiger partial charge in [-0.2, -0.15) is 0 Å². The Morgan fingerprint density at radius 1 is 0.793 bits per heavy atom. The van der Waals surface area contributed by atoms with Gasteiger partial charge in [0.2, 0.25) is 0 Å². The Kier molecular flexibility index (Phi) is 7.79. The molecule has 6 aromatic rings. The highest BCUT2D eigenvalue weighted by Crippen LogP contribution is 2.50. The Labute approximate surface area is 339 Å². The second kappa shape index (κ2) is 13.4. The molecule has 0 saturated heterocycles. The lowest BCUT2D eigenvalue weighted by Crippen LogP contribution is -2.36. The Balaban J connectivity index is 0.939. The Bertz CT molecular complexity index is 2870. The summed E-state index contributed by atoms with van der Waals surface area (Å²) in [7, 11) is 0. The summed E-state index contributed by atoms with van der Waals surface area (Å²) in [6.45, 7) is 2.42. The minimum absolute atomic E-state index is 0.0346. The van der Waals surface area contributed by atoms with Crippen LogP contribution < -0.4 is 10.2 Å². The van der Waals surface area contributed by atoms with Crippen LogP contribution in [0.4, 0.5) is 11.4 Å². The number of furan rings is 1. The molecule has 5 heteroatoms. The normalized spacial score (nSPS) is 24.4. The van der Waals surface area contributed by atoms with Crippen LogP contribution in [-0.4, -0.2) is 16.4 Å². The van der Waals surface area contributed by atoms with E-state index < -0.39 is 0 Å². The molecule has 0 saturated carbocycles. The highest BCUT2D eigenvalue weighted by atomic mass is 16.3. The molecular weight excluding hydrogens is 709 g/mol. The van der Waals surface area contributed by atoms with E-state index in [2.05, 4.69) is 167 Å². The van der Waals surface area contributed by atoms with Crippen LogP contribution in [0.5, 0.6) is 0 Å². The summed E-state index contributed by atoms with van der Waals surface area (Å²) in [6, 6.07) is 35.8. The van der Waals surface area contributed by atoms with Crippen LogP contribution in [0.3, 0.4) is 0 Å². The maximum atomic E-state index is 6.54. The van der Waals surface area contributed by atoms with E-state index in [9.17, 15) is 0 Å². The van der Waals surface area contributed by atoms with Crippen molar-refractivity contribution < 1.29 is 4.42 Å². The molecule has 12 rings (SSSR count). The van der Waals surface area contributed by atoms with Gasteiger partial charge in [0, 0.05) is 56.5 Å². The molecule has 1 N–H and O–H groups in total. The Morgan fingerprint density at radius 3 is 2.59 bits per heavy atom. The number of hydrogen-bond acceptors (Lipinski definition) is 4. The maximum absolute atomic E-state index is 6.54. The van der Waals surface area contributed by atoms with Crippen molar-refractivity contribution in [3.8, 4) is 5.69 Å². The number of rotatable bonds is 5. The van der Waals surface area contributed by atoms with Gasteiger partial charge in [0.05, 0.1) is 17.6 Å². The topological polar surface area (TPSA) is 45.7 Å². The number of amidine groups is 1. The van der Waals surface area contributed by atoms with Crippen LogP contribution in [0.2, 0.25) is 0 Å². The average Bonchev–Trinajstić information content (AvgIpc) is 3.93. The minimum atomic E-state index is 0.0346. The number of hydrogen-bond donors (Lipinski definition) is 1. The summed E-state index contributed by atoms with van der Waals surface area (Å²) in [5.41, 5.74) is 15.2. The van der Waals surface area contributed by atoms with Crippen LogP contribution >= 0.6 is 0 Å². The summed E-state index contributed by atoms with van der Waals surface area (Å²) in [5.74, 6) is 2.87. The van der Waals surface area contributed by atoms with Gasteiger partial charge in [-0.05, 0) is 110 Å². The van der Waals surface area contributed by atoms with Crippen molar-refractivity contribution in [2.75, 3.05) is 4.90 Å². The second-order valence-corrected chi connectivity index (χ2v) is 16.9. The van der Waals surface area contributed by atoms with E-state index in [0.717, 1.165) is 65.9 Å². The van der Waals surface area contributed by atoms with Gasteiger partial charge in [-0.3, -0.25) is 0 Å². The van der Waals surface area contributed by atoms with Gasteiger partial charge < -0.3 is 19.2 Å². The number of fused-ring (bicyclic) bond motifs is 8. The van der Waals surface area contributed by atoms with Gasteiger partial charge >= 0.3 is 0 Å². The number of allylic oxidation sites excluding steroid dienone is 7. The first kappa shape index (κ1) is 33.8. The Hall–Kier alpha value is -6.33. The van der Waals surface area contributed by atoms with Crippen LogP contribution in [0.15, 0.2) is 166 Å². The zero-order valence-electron chi connectivity index (χ0n) is 32.8. The third-order valence-corrected chi connectivity index (χ3v) is 13.5. The summed E-state index contributed by atoms with van der Waals surface area (Å²) in [5, 5.41) is 6.32. The molecule has 58 heavy (non-hydrogen) atoms. The van der Waals surface area contributed by atoms with E-state index in [-0.39, 0.29) is 18.0 Å². The van der Waals surface area contributed by atoms with Crippen molar-refractivity contribution in [3.05, 3.63) is 185 Å². The van der Waals surface area contributed by atoms with Crippen molar-refractivity contribution >= 4 is 50.7 Å². The fraction of sp³-hybridized carbons (Fsp3) is 0.226. The van der Waals surface area contributed by atoms with E-state index in [1.807, 2.05) is 6.07 Å². The molecule has 5 nitrogen and oxygen atoms in total. The van der Waals surface area contributed by atoms with Gasteiger partial charge in [0.25, 0.3) is 0 Å². The van der Waals surface area contributed by atoms with Crippen molar-refractivity contribution in [2.24, 2.45) is 22.7 Å². The molecule has 284 valence electrons. The van der Waals surface area contributed by atoms with Gasteiger partial charge in [-0.25, -0.2) is 4.99 Å². The number of anilines is 1. The number of aromatic nitrogens is 1. The Morgan fingerprint density at radius 2 is 1.67 bits per heavy atom. The molecule has 2 aromatic heterocycles. The number of benzene rings is 4. The SMILES string of the molecule is CC1CC2=C(C=C1c1ccc3c(c1)c1c(n3-c3ccccc3)CCC=C1)C1C=CC=CC1N2c1cccc(C2=Nc3c(oc4ccccc34)C(C3C=CCCC3)N2)c1. The number of nitrogens with zero attached hydrogens (tertiary/aromatic N) is 3. The lowest BCUT2D eigenvalue weighted by atomic mass is 9.80. The molecule has 0 spiro atoms. The van der Waals surface area contributed by atoms with Crippen molar-refractivity contribution in [2.45, 2.75) is 57.5 Å². The van der Waals surface area contributed by atoms with Crippen molar-refractivity contribution in [3.63, 3.8) is 0 Å². The highest BCUT2D eigenvalue weighted by molar-refractivity contribution is 6.06. The molecular formula is C53H46N4O. The standard InChI is InChI=1S/C53H46N4O/c1-33-29-48-44(32-42(33)35-27-28-47-43(31-35)39-21-8-11-24-45(39)56(47)37-18-6-3-7-19-37)40-22-9-12-25-46(40)57(48)38-20-14-17-36(30-38)53-54-50(34-15-4-2-5-16-34)52-51(55-53)41-23-10-13-26-49(41)58-52/h3-4,6-10,12-15,17-23,25-28,30-34,40,46,50H,2,5,11,16,24,29H2,1H3,(H,54,55). The summed E-state index contributed by atoms with van der Waals surface area (Å²) < 4.78 is 9.03. The summed E-state index contributed by atoms with van der Waals surface area (Å²) in [6.07, 6.45) is 27.8. The van der Waals surface area contributed by atoms with E-state index >= 15 is 0 Å². The van der Waals surface area contributed by atoms with Crippen LogP contribution in [0.1, 0.15) is 73.2 Å². The fourth-order valence-corrected chi connectivity index (χ4v) is 10.8. The van der Waals surface area contributed by atoms with E-state index in [0.29, 0.717) is 11.8 Å². The molecule has 5 atom stereocenters. The predicted molar refractivity (Wildman–Crippen MR) is 239 cm³/mol. The molecule has 0 fully saturated rings. The van der Waals surface area contributed by atoms with Gasteiger partial charge in [-0.15, -0.1) is 0 Å². The summed E-state index contributed by atoms with van der Waals surface area (Å²) >= 11 is 0. The molecule has 4 heterocycles. The van der Waals surface area contributed by atoms with Crippen molar-refractivity contribution in [1.82, 2.24) is 9.88 Å². The second-order valence-electron chi connectivity index (χ2n) is 16.9. The lowest BCUT2D eigenvalue weighted by Gasteiger charge is -2.33. The lowest BCUT2D eigenvalue weighted by molar-refractivity contribution is 0.365. The zero-order valence-corrected chi connectivity index (χ0v) is 32.8. The third kappa shape index (κ3) is 5.25. The molecule has 4 aliphatic carbocycles. The maximum Gasteiger partial charge on any atom is 0.153 e. The van der Waals surface area contributed by atoms with Gasteiger partial charge in [0.1, 0.15) is 17.1 Å². The average molecular weight is 755 g/mol. The molecule has 0 radical (unpaired) electrons. The zero-order chi connectivity index (χ0) is 38.3. The molecule has 5 unspecified atom stereocenters.